The maximum atomic E-state index is 11.4. The van der Waals surface area contributed by atoms with Gasteiger partial charge in [-0.3, -0.25) is 4.98 Å². The molecule has 0 bridgehead atoms. The van der Waals surface area contributed by atoms with Crippen molar-refractivity contribution in [2.45, 2.75) is 4.90 Å². The summed E-state index contributed by atoms with van der Waals surface area (Å²) in [5, 5.41) is 0. The Morgan fingerprint density at radius 1 is 1.17 bits per heavy atom. The molecule has 0 amide bonds. The van der Waals surface area contributed by atoms with Gasteiger partial charge in [0.05, 0.1) is 4.90 Å². The molecule has 8 heteroatoms. The molecule has 0 radical (unpaired) electrons. The van der Waals surface area contributed by atoms with Gasteiger partial charge in [0.25, 0.3) is 0 Å². The van der Waals surface area contributed by atoms with Crippen LogP contribution in [0.5, 0.6) is 0 Å². The highest BCUT2D eigenvalue weighted by Crippen LogP contribution is 2.25. The van der Waals surface area contributed by atoms with E-state index >= 15 is 0 Å². The zero-order chi connectivity index (χ0) is 13.3. The molecule has 4 N–H and O–H groups in total. The summed E-state index contributed by atoms with van der Waals surface area (Å²) < 4.78 is 22.9. The average Bonchev–Trinajstić information content (AvgIpc) is 2.28. The molecule has 0 saturated carbocycles. The van der Waals surface area contributed by atoms with E-state index in [2.05, 4.69) is 15.0 Å². The summed E-state index contributed by atoms with van der Waals surface area (Å²) in [7, 11) is -3.32. The summed E-state index contributed by atoms with van der Waals surface area (Å²) in [5.74, 6) is 0.235. The number of nitrogens with two attached hydrogens (primary N) is 2. The van der Waals surface area contributed by atoms with Crippen molar-refractivity contribution in [1.82, 2.24) is 15.0 Å². The molecule has 0 saturated heterocycles. The molecule has 2 heterocycles. The molecular formula is C10H11N5O2S. The molecule has 0 unspecified atom stereocenters. The molecular weight excluding hydrogens is 254 g/mol. The maximum absolute atomic E-state index is 11.4. The summed E-state index contributed by atoms with van der Waals surface area (Å²) in [5.41, 5.74) is 12.1. The van der Waals surface area contributed by atoms with Gasteiger partial charge in [-0.25, -0.2) is 13.4 Å². The largest absolute Gasteiger partial charge is 0.383 e. The SMILES string of the molecule is CS(=O)(=O)c1cncc(-c2cnc(N)nc2N)c1. The normalized spacial score (nSPS) is 11.4. The average molecular weight is 265 g/mol. The molecule has 2 aromatic heterocycles. The van der Waals surface area contributed by atoms with Gasteiger partial charge in [0.15, 0.2) is 9.84 Å². The van der Waals surface area contributed by atoms with Gasteiger partial charge in [0.1, 0.15) is 5.82 Å². The Labute approximate surface area is 104 Å². The third-order valence-electron chi connectivity index (χ3n) is 2.29. The summed E-state index contributed by atoms with van der Waals surface area (Å²) in [6, 6.07) is 1.47. The Hall–Kier alpha value is -2.22. The number of rotatable bonds is 2. The number of sulfone groups is 1. The molecule has 0 aliphatic carbocycles. The van der Waals surface area contributed by atoms with Crippen LogP contribution in [0.1, 0.15) is 0 Å². The minimum absolute atomic E-state index is 0.0588. The Balaban J connectivity index is 2.58. The van der Waals surface area contributed by atoms with Crippen molar-refractivity contribution >= 4 is 21.6 Å². The molecule has 0 aliphatic rings. The molecule has 0 atom stereocenters. The zero-order valence-electron chi connectivity index (χ0n) is 9.53. The van der Waals surface area contributed by atoms with Crippen molar-refractivity contribution < 1.29 is 8.42 Å². The Bertz CT molecular complexity index is 699. The molecule has 0 spiro atoms. The molecule has 18 heavy (non-hydrogen) atoms. The Kier molecular flexibility index (Phi) is 2.87. The van der Waals surface area contributed by atoms with Crippen LogP contribution in [-0.2, 0) is 9.84 Å². The highest BCUT2D eigenvalue weighted by atomic mass is 32.2. The lowest BCUT2D eigenvalue weighted by atomic mass is 10.1. The second-order valence-corrected chi connectivity index (χ2v) is 5.72. The number of hydrogen-bond donors (Lipinski definition) is 2. The third kappa shape index (κ3) is 2.38. The van der Waals surface area contributed by atoms with Crippen molar-refractivity contribution in [3.05, 3.63) is 24.7 Å². The van der Waals surface area contributed by atoms with E-state index in [4.69, 9.17) is 11.5 Å². The second kappa shape index (κ2) is 4.22. The molecule has 0 aliphatic heterocycles. The monoisotopic (exact) mass is 265 g/mol. The molecule has 94 valence electrons. The predicted octanol–water partition coefficient (Wildman–Crippen LogP) is 0.106. The molecule has 7 nitrogen and oxygen atoms in total. The third-order valence-corrected chi connectivity index (χ3v) is 3.37. The number of nitrogen functional groups attached to an aromatic ring is 2. The van der Waals surface area contributed by atoms with Crippen molar-refractivity contribution in [3.63, 3.8) is 0 Å². The highest BCUT2D eigenvalue weighted by molar-refractivity contribution is 7.90. The van der Waals surface area contributed by atoms with Gasteiger partial charge in [0, 0.05) is 36.0 Å². The Morgan fingerprint density at radius 3 is 2.50 bits per heavy atom. The topological polar surface area (TPSA) is 125 Å². The van der Waals surface area contributed by atoms with Crippen LogP contribution in [0.15, 0.2) is 29.6 Å². The number of nitrogens with zero attached hydrogens (tertiary/aromatic N) is 3. The van der Waals surface area contributed by atoms with Crippen LogP contribution in [0.4, 0.5) is 11.8 Å². The number of hydrogen-bond acceptors (Lipinski definition) is 7. The van der Waals surface area contributed by atoms with E-state index in [9.17, 15) is 8.42 Å². The van der Waals surface area contributed by atoms with Crippen molar-refractivity contribution in [2.75, 3.05) is 17.7 Å². The van der Waals surface area contributed by atoms with Crippen LogP contribution in [-0.4, -0.2) is 29.6 Å². The van der Waals surface area contributed by atoms with Gasteiger partial charge in [-0.1, -0.05) is 0 Å². The fraction of sp³-hybridized carbons (Fsp3) is 0.100. The van der Waals surface area contributed by atoms with E-state index in [-0.39, 0.29) is 16.7 Å². The van der Waals surface area contributed by atoms with Crippen LogP contribution in [0.3, 0.4) is 0 Å². The first-order valence-corrected chi connectivity index (χ1v) is 6.80. The van der Waals surface area contributed by atoms with Gasteiger partial charge >= 0.3 is 0 Å². The lowest BCUT2D eigenvalue weighted by molar-refractivity contribution is 0.601. The first-order chi connectivity index (χ1) is 8.38. The number of aromatic nitrogens is 3. The van der Waals surface area contributed by atoms with Gasteiger partial charge in [0.2, 0.25) is 5.95 Å². The molecule has 0 fully saturated rings. The van der Waals surface area contributed by atoms with Crippen LogP contribution >= 0.6 is 0 Å². The van der Waals surface area contributed by atoms with E-state index in [0.717, 1.165) is 6.26 Å². The van der Waals surface area contributed by atoms with Crippen molar-refractivity contribution in [1.29, 1.82) is 0 Å². The Morgan fingerprint density at radius 2 is 1.89 bits per heavy atom. The van der Waals surface area contributed by atoms with Gasteiger partial charge in [-0.05, 0) is 6.07 Å². The van der Waals surface area contributed by atoms with Crippen molar-refractivity contribution in [2.24, 2.45) is 0 Å². The minimum Gasteiger partial charge on any atom is -0.383 e. The van der Waals surface area contributed by atoms with E-state index in [1.165, 1.54) is 24.7 Å². The quantitative estimate of drug-likeness (QED) is 0.789. The summed E-state index contributed by atoms with van der Waals surface area (Å²) in [6.07, 6.45) is 5.30. The van der Waals surface area contributed by atoms with Crippen LogP contribution in [0.25, 0.3) is 11.1 Å². The standard InChI is InChI=1S/C10H11N5O2S/c1-18(16,17)7-2-6(3-13-4-7)8-5-14-10(12)15-9(8)11/h2-5H,1H3,(H4,11,12,14,15). The van der Waals surface area contributed by atoms with Gasteiger partial charge in [-0.15, -0.1) is 0 Å². The van der Waals surface area contributed by atoms with E-state index in [0.29, 0.717) is 11.1 Å². The molecule has 2 rings (SSSR count). The number of pyridine rings is 1. The fourth-order valence-electron chi connectivity index (χ4n) is 1.40. The highest BCUT2D eigenvalue weighted by Gasteiger charge is 2.11. The smallest absolute Gasteiger partial charge is 0.221 e. The maximum Gasteiger partial charge on any atom is 0.221 e. The fourth-order valence-corrected chi connectivity index (χ4v) is 1.99. The molecule has 2 aromatic rings. The van der Waals surface area contributed by atoms with Gasteiger partial charge < -0.3 is 11.5 Å². The summed E-state index contributed by atoms with van der Waals surface area (Å²) in [6.45, 7) is 0. The van der Waals surface area contributed by atoms with Crippen molar-refractivity contribution in [3.8, 4) is 11.1 Å². The first kappa shape index (κ1) is 12.2. The first-order valence-electron chi connectivity index (χ1n) is 4.91. The summed E-state index contributed by atoms with van der Waals surface area (Å²) in [4.78, 5) is 11.6. The minimum atomic E-state index is -3.32. The van der Waals surface area contributed by atoms with E-state index in [1.54, 1.807) is 0 Å². The lowest BCUT2D eigenvalue weighted by Crippen LogP contribution is -2.02. The van der Waals surface area contributed by atoms with Crippen LogP contribution in [0, 0.1) is 0 Å². The van der Waals surface area contributed by atoms with Gasteiger partial charge in [-0.2, -0.15) is 4.98 Å². The molecule has 0 aromatic carbocycles. The number of anilines is 2. The zero-order valence-corrected chi connectivity index (χ0v) is 10.3. The van der Waals surface area contributed by atoms with Crippen LogP contribution in [0.2, 0.25) is 0 Å². The van der Waals surface area contributed by atoms with Crippen LogP contribution < -0.4 is 11.5 Å². The summed E-state index contributed by atoms with van der Waals surface area (Å²) >= 11 is 0. The second-order valence-electron chi connectivity index (χ2n) is 3.71. The lowest BCUT2D eigenvalue weighted by Gasteiger charge is -2.06. The van der Waals surface area contributed by atoms with E-state index in [1.807, 2.05) is 0 Å². The van der Waals surface area contributed by atoms with E-state index < -0.39 is 9.84 Å². The predicted molar refractivity (Wildman–Crippen MR) is 67.2 cm³/mol.